The topological polar surface area (TPSA) is 51.6 Å². The highest BCUT2D eigenvalue weighted by molar-refractivity contribution is 7.23. The molecular weight excluding hydrogens is 761 g/mol. The lowest BCUT2D eigenvalue weighted by molar-refractivity contribution is 1.07. The quantitative estimate of drug-likeness (QED) is 0.154. The number of rotatable bonds is 8. The Hall–Kier alpha value is -7.86. The number of benzene rings is 8. The Morgan fingerprint density at radius 2 is 0.689 bits per heavy atom. The molecule has 286 valence electrons. The van der Waals surface area contributed by atoms with Crippen LogP contribution in [0, 0.1) is 0 Å². The SMILES string of the molecule is c1ccc(-c2cccc(-c3nc(-c4cccc(-c5ccccc5)c4)nc(-c4cccc(-c5nc6ccccc6c6c(-c7ccccc7)c(-c7ccccc7)sc56)c4)n3)c2)cc1. The third kappa shape index (κ3) is 6.97. The molecule has 5 heteroatoms. The van der Waals surface area contributed by atoms with E-state index in [2.05, 4.69) is 206 Å². The van der Waals surface area contributed by atoms with Gasteiger partial charge in [0.05, 0.1) is 15.9 Å². The molecule has 0 radical (unpaired) electrons. The first-order valence-corrected chi connectivity index (χ1v) is 21.2. The summed E-state index contributed by atoms with van der Waals surface area (Å²) < 4.78 is 1.14. The molecule has 0 spiro atoms. The molecule has 8 aromatic carbocycles. The van der Waals surface area contributed by atoms with Crippen LogP contribution in [0.5, 0.6) is 0 Å². The predicted octanol–water partition coefficient (Wildman–Crippen LogP) is 15.0. The maximum absolute atomic E-state index is 5.41. The second kappa shape index (κ2) is 15.7. The summed E-state index contributed by atoms with van der Waals surface area (Å²) in [6.45, 7) is 0. The Bertz CT molecular complexity index is 3240. The fourth-order valence-corrected chi connectivity index (χ4v) is 9.54. The molecule has 0 bridgehead atoms. The van der Waals surface area contributed by atoms with Gasteiger partial charge in [-0.3, -0.25) is 0 Å². The predicted molar refractivity (Wildman–Crippen MR) is 254 cm³/mol. The molecule has 0 atom stereocenters. The van der Waals surface area contributed by atoms with Crippen molar-refractivity contribution in [1.82, 2.24) is 19.9 Å². The molecule has 3 heterocycles. The number of fused-ring (bicyclic) bond motifs is 3. The van der Waals surface area contributed by atoms with Gasteiger partial charge in [-0.15, -0.1) is 11.3 Å². The first-order valence-electron chi connectivity index (χ1n) is 20.4. The van der Waals surface area contributed by atoms with E-state index in [1.807, 2.05) is 12.1 Å². The first kappa shape index (κ1) is 36.2. The van der Waals surface area contributed by atoms with Crippen LogP contribution in [0.25, 0.3) is 110 Å². The third-order valence-electron chi connectivity index (χ3n) is 11.1. The summed E-state index contributed by atoms with van der Waals surface area (Å²) in [5, 5.41) is 2.35. The van der Waals surface area contributed by atoms with E-state index in [4.69, 9.17) is 19.9 Å². The minimum atomic E-state index is 0.593. The van der Waals surface area contributed by atoms with Crippen LogP contribution < -0.4 is 0 Å². The minimum absolute atomic E-state index is 0.593. The smallest absolute Gasteiger partial charge is 0.164 e. The number of aromatic nitrogens is 4. The summed E-state index contributed by atoms with van der Waals surface area (Å²) in [5.41, 5.74) is 13.7. The van der Waals surface area contributed by atoms with Gasteiger partial charge >= 0.3 is 0 Å². The maximum Gasteiger partial charge on any atom is 0.164 e. The van der Waals surface area contributed by atoms with Gasteiger partial charge < -0.3 is 0 Å². The highest BCUT2D eigenvalue weighted by Gasteiger charge is 2.23. The second-order valence-corrected chi connectivity index (χ2v) is 16.0. The fourth-order valence-electron chi connectivity index (χ4n) is 8.18. The van der Waals surface area contributed by atoms with Crippen molar-refractivity contribution >= 4 is 32.3 Å². The van der Waals surface area contributed by atoms with Crippen LogP contribution in [0.4, 0.5) is 0 Å². The summed E-state index contributed by atoms with van der Waals surface area (Å²) in [5.74, 6) is 1.81. The van der Waals surface area contributed by atoms with Gasteiger partial charge in [-0.1, -0.05) is 194 Å². The summed E-state index contributed by atoms with van der Waals surface area (Å²) in [4.78, 5) is 22.2. The highest BCUT2D eigenvalue weighted by atomic mass is 32.1. The van der Waals surface area contributed by atoms with Gasteiger partial charge in [0.25, 0.3) is 0 Å². The van der Waals surface area contributed by atoms with Crippen molar-refractivity contribution in [3.05, 3.63) is 218 Å². The van der Waals surface area contributed by atoms with Gasteiger partial charge in [-0.05, 0) is 57.6 Å². The van der Waals surface area contributed by atoms with Crippen LogP contribution in [-0.2, 0) is 0 Å². The molecule has 3 aromatic heterocycles. The average molecular weight is 797 g/mol. The lowest BCUT2D eigenvalue weighted by atomic mass is 9.95. The Balaban J connectivity index is 1.11. The molecule has 0 aliphatic carbocycles. The van der Waals surface area contributed by atoms with Crippen molar-refractivity contribution in [3.8, 4) is 89.2 Å². The molecule has 0 N–H and O–H groups in total. The Morgan fingerprint density at radius 3 is 1.21 bits per heavy atom. The minimum Gasteiger partial charge on any atom is -0.246 e. The van der Waals surface area contributed by atoms with Crippen molar-refractivity contribution in [1.29, 1.82) is 0 Å². The standard InChI is InChI=1S/C56H36N4S/c1-5-18-37(19-6-1)41-26-15-29-44(34-41)54-58-55(45-30-16-27-42(35-45)38-20-7-2-8-21-38)60-56(59-54)46-31-17-28-43(36-46)51-53-50(47-32-13-14-33-48(47)57-51)49(39-22-9-3-10-23-39)52(61-53)40-24-11-4-12-25-40/h1-36H. The highest BCUT2D eigenvalue weighted by Crippen LogP contribution is 2.50. The van der Waals surface area contributed by atoms with Crippen LogP contribution in [0.3, 0.4) is 0 Å². The normalized spacial score (nSPS) is 11.3. The van der Waals surface area contributed by atoms with Gasteiger partial charge in [-0.2, -0.15) is 0 Å². The Labute approximate surface area is 358 Å². The molecule has 0 aliphatic heterocycles. The van der Waals surface area contributed by atoms with Crippen LogP contribution >= 0.6 is 11.3 Å². The number of thiophene rings is 1. The Morgan fingerprint density at radius 1 is 0.295 bits per heavy atom. The molecule has 4 nitrogen and oxygen atoms in total. The zero-order valence-corrected chi connectivity index (χ0v) is 33.8. The van der Waals surface area contributed by atoms with Gasteiger partial charge in [0.15, 0.2) is 17.5 Å². The van der Waals surface area contributed by atoms with Crippen molar-refractivity contribution in [3.63, 3.8) is 0 Å². The first-order chi connectivity index (χ1) is 30.2. The molecule has 11 rings (SSSR count). The van der Waals surface area contributed by atoms with Gasteiger partial charge in [0, 0.05) is 43.5 Å². The third-order valence-corrected chi connectivity index (χ3v) is 12.4. The van der Waals surface area contributed by atoms with Crippen molar-refractivity contribution in [2.45, 2.75) is 0 Å². The van der Waals surface area contributed by atoms with E-state index in [0.29, 0.717) is 17.5 Å². The lowest BCUT2D eigenvalue weighted by Gasteiger charge is -2.12. The second-order valence-electron chi connectivity index (χ2n) is 15.0. The van der Waals surface area contributed by atoms with Gasteiger partial charge in [0.2, 0.25) is 0 Å². The largest absolute Gasteiger partial charge is 0.246 e. The lowest BCUT2D eigenvalue weighted by Crippen LogP contribution is -2.00. The van der Waals surface area contributed by atoms with E-state index in [1.165, 1.54) is 27.0 Å². The maximum atomic E-state index is 5.41. The van der Waals surface area contributed by atoms with Gasteiger partial charge in [0.1, 0.15) is 0 Å². The van der Waals surface area contributed by atoms with E-state index >= 15 is 0 Å². The zero-order chi connectivity index (χ0) is 40.5. The fraction of sp³-hybridized carbons (Fsp3) is 0. The number of hydrogen-bond donors (Lipinski definition) is 0. The van der Waals surface area contributed by atoms with Crippen LogP contribution in [-0.4, -0.2) is 19.9 Å². The van der Waals surface area contributed by atoms with Crippen LogP contribution in [0.15, 0.2) is 218 Å². The summed E-state index contributed by atoms with van der Waals surface area (Å²) in [7, 11) is 0. The van der Waals surface area contributed by atoms with Crippen molar-refractivity contribution < 1.29 is 0 Å². The van der Waals surface area contributed by atoms with E-state index in [-0.39, 0.29) is 0 Å². The monoisotopic (exact) mass is 796 g/mol. The zero-order valence-electron chi connectivity index (χ0n) is 33.0. The van der Waals surface area contributed by atoms with Crippen molar-refractivity contribution in [2.75, 3.05) is 0 Å². The summed E-state index contributed by atoms with van der Waals surface area (Å²) in [6.07, 6.45) is 0. The Kier molecular flexibility index (Phi) is 9.34. The summed E-state index contributed by atoms with van der Waals surface area (Å²) >= 11 is 1.80. The summed E-state index contributed by atoms with van der Waals surface area (Å²) in [6, 6.07) is 76.2. The molecule has 11 aromatic rings. The number of hydrogen-bond acceptors (Lipinski definition) is 5. The van der Waals surface area contributed by atoms with E-state index in [1.54, 1.807) is 11.3 Å². The van der Waals surface area contributed by atoms with E-state index in [0.717, 1.165) is 65.8 Å². The average Bonchev–Trinajstić information content (AvgIpc) is 3.76. The van der Waals surface area contributed by atoms with Gasteiger partial charge in [-0.25, -0.2) is 19.9 Å². The molecule has 0 amide bonds. The molecule has 0 unspecified atom stereocenters. The molecule has 0 fully saturated rings. The molecule has 0 saturated carbocycles. The molecule has 0 saturated heterocycles. The number of pyridine rings is 1. The molecular formula is C56H36N4S. The van der Waals surface area contributed by atoms with Crippen LogP contribution in [0.1, 0.15) is 0 Å². The number of nitrogens with zero attached hydrogens (tertiary/aromatic N) is 4. The van der Waals surface area contributed by atoms with Crippen molar-refractivity contribution in [2.24, 2.45) is 0 Å². The van der Waals surface area contributed by atoms with E-state index < -0.39 is 0 Å². The van der Waals surface area contributed by atoms with Crippen LogP contribution in [0.2, 0.25) is 0 Å². The molecule has 0 aliphatic rings. The molecule has 61 heavy (non-hydrogen) atoms. The van der Waals surface area contributed by atoms with E-state index in [9.17, 15) is 0 Å². The number of para-hydroxylation sites is 1.